The molecule has 4 heteroatoms. The molecule has 0 radical (unpaired) electrons. The highest BCUT2D eigenvalue weighted by atomic mass is 16.6. The van der Waals surface area contributed by atoms with Gasteiger partial charge < -0.3 is 4.74 Å². The van der Waals surface area contributed by atoms with Gasteiger partial charge in [-0.1, -0.05) is 26.0 Å². The zero-order chi connectivity index (χ0) is 20.5. The quantitative estimate of drug-likeness (QED) is 0.517. The first kappa shape index (κ1) is 19.6. The summed E-state index contributed by atoms with van der Waals surface area (Å²) in [4.78, 5) is 36.8. The third kappa shape index (κ3) is 2.32. The summed E-state index contributed by atoms with van der Waals surface area (Å²) in [5.74, 6) is 1.05. The second-order valence-corrected chi connectivity index (χ2v) is 10.1. The lowest BCUT2D eigenvalue weighted by Crippen LogP contribution is -2.59. The first-order valence-corrected chi connectivity index (χ1v) is 10.7. The highest BCUT2D eigenvalue weighted by molar-refractivity contribution is 5.93. The number of fused-ring (bicyclic) bond motifs is 5. The van der Waals surface area contributed by atoms with Crippen molar-refractivity contribution in [1.82, 2.24) is 0 Å². The number of Topliss-reactive ketones (excluding diaryl/α,β-unsaturated/α-hetero) is 1. The van der Waals surface area contributed by atoms with Crippen molar-refractivity contribution in [2.75, 3.05) is 0 Å². The summed E-state index contributed by atoms with van der Waals surface area (Å²) in [7, 11) is 0. The van der Waals surface area contributed by atoms with Crippen LogP contribution in [-0.2, 0) is 19.1 Å². The number of hydrogen-bond donors (Lipinski definition) is 0. The molecule has 3 fully saturated rings. The lowest BCUT2D eigenvalue weighted by molar-refractivity contribution is -0.181. The van der Waals surface area contributed by atoms with Gasteiger partial charge in [0.05, 0.1) is 0 Å². The van der Waals surface area contributed by atoms with Crippen LogP contribution in [0.15, 0.2) is 23.8 Å². The van der Waals surface area contributed by atoms with Crippen LogP contribution < -0.4 is 0 Å². The Bertz CT molecular complexity index is 807. The highest BCUT2D eigenvalue weighted by Gasteiger charge is 2.69. The topological polar surface area (TPSA) is 60.4 Å². The number of rotatable bonds is 2. The molecule has 0 amide bonds. The summed E-state index contributed by atoms with van der Waals surface area (Å²) in [5.41, 5.74) is 0.609. The summed E-state index contributed by atoms with van der Waals surface area (Å²) < 4.78 is 5.83. The molecule has 6 atom stereocenters. The molecular formula is C24H32O4. The minimum atomic E-state index is -1.19. The summed E-state index contributed by atoms with van der Waals surface area (Å²) in [6, 6.07) is 0. The molecular weight excluding hydrogens is 352 g/mol. The molecule has 0 bridgehead atoms. The van der Waals surface area contributed by atoms with Crippen LogP contribution in [0.5, 0.6) is 0 Å². The Balaban J connectivity index is 1.75. The average molecular weight is 385 g/mol. The van der Waals surface area contributed by atoms with E-state index in [1.165, 1.54) is 12.5 Å². The number of ether oxygens (including phenoxy) is 1. The second-order valence-electron chi connectivity index (χ2n) is 10.1. The molecule has 0 unspecified atom stereocenters. The molecule has 28 heavy (non-hydrogen) atoms. The SMILES string of the molecule is C=C1C[C@@H]2[C@@H]3CCC4=CC(=O)CC[C@]4(C)[C@H]3CC[C@]2(C)[C@@]1(OC(C)=O)C(C)=O. The Hall–Kier alpha value is -1.71. The first-order valence-electron chi connectivity index (χ1n) is 10.7. The zero-order valence-corrected chi connectivity index (χ0v) is 17.6. The van der Waals surface area contributed by atoms with Crippen molar-refractivity contribution in [3.63, 3.8) is 0 Å². The van der Waals surface area contributed by atoms with E-state index in [4.69, 9.17) is 4.74 Å². The van der Waals surface area contributed by atoms with E-state index in [0.29, 0.717) is 18.3 Å². The molecule has 0 aliphatic heterocycles. The monoisotopic (exact) mass is 384 g/mol. The number of carbonyl (C=O) groups excluding carboxylic acids is 3. The summed E-state index contributed by atoms with van der Waals surface area (Å²) in [6.45, 7) is 11.7. The second kappa shape index (κ2) is 6.14. The molecule has 4 aliphatic rings. The number of esters is 1. The van der Waals surface area contributed by atoms with E-state index < -0.39 is 17.0 Å². The third-order valence-corrected chi connectivity index (χ3v) is 8.91. The minimum Gasteiger partial charge on any atom is -0.446 e. The van der Waals surface area contributed by atoms with Crippen LogP contribution in [0, 0.1) is 28.6 Å². The predicted molar refractivity (Wildman–Crippen MR) is 106 cm³/mol. The molecule has 0 saturated heterocycles. The molecule has 0 aromatic carbocycles. The summed E-state index contributed by atoms with van der Waals surface area (Å²) in [5, 5.41) is 0. The van der Waals surface area contributed by atoms with Crippen LogP contribution in [0.3, 0.4) is 0 Å². The van der Waals surface area contributed by atoms with Crippen molar-refractivity contribution in [1.29, 1.82) is 0 Å². The van der Waals surface area contributed by atoms with Gasteiger partial charge in [0, 0.05) is 18.8 Å². The van der Waals surface area contributed by atoms with Crippen LogP contribution in [-0.4, -0.2) is 23.1 Å². The Morgan fingerprint density at radius 2 is 1.82 bits per heavy atom. The van der Waals surface area contributed by atoms with Crippen LogP contribution in [0.4, 0.5) is 0 Å². The van der Waals surface area contributed by atoms with Gasteiger partial charge in [-0.05, 0) is 80.3 Å². The number of carbonyl (C=O) groups is 3. The van der Waals surface area contributed by atoms with E-state index in [0.717, 1.165) is 44.1 Å². The molecule has 0 spiro atoms. The molecule has 0 N–H and O–H groups in total. The lowest BCUT2D eigenvalue weighted by atomic mass is 9.46. The van der Waals surface area contributed by atoms with Gasteiger partial charge >= 0.3 is 5.97 Å². The standard InChI is InChI=1S/C24H32O4/c1-14-12-21-19-7-6-17-13-18(27)8-10-22(17,4)20(19)9-11-23(21,5)24(14,15(2)25)28-16(3)26/h13,19-21H,1,6-12H2,2-5H3/t19-,20+,21-,22+,23+,24+/m1/s1. The van der Waals surface area contributed by atoms with Gasteiger partial charge in [-0.2, -0.15) is 0 Å². The van der Waals surface area contributed by atoms with Gasteiger partial charge in [-0.25, -0.2) is 0 Å². The van der Waals surface area contributed by atoms with Crippen molar-refractivity contribution >= 4 is 17.5 Å². The van der Waals surface area contributed by atoms with Crippen LogP contribution in [0.25, 0.3) is 0 Å². The van der Waals surface area contributed by atoms with E-state index in [9.17, 15) is 14.4 Å². The molecule has 4 nitrogen and oxygen atoms in total. The Kier molecular flexibility index (Phi) is 4.30. The molecule has 0 heterocycles. The van der Waals surface area contributed by atoms with Gasteiger partial charge in [0.25, 0.3) is 0 Å². The van der Waals surface area contributed by atoms with E-state index in [-0.39, 0.29) is 22.9 Å². The Morgan fingerprint density at radius 1 is 1.11 bits per heavy atom. The van der Waals surface area contributed by atoms with Gasteiger partial charge in [0.15, 0.2) is 17.2 Å². The highest BCUT2D eigenvalue weighted by Crippen LogP contribution is 2.69. The Labute approximate surface area is 167 Å². The fourth-order valence-corrected chi connectivity index (χ4v) is 7.63. The Morgan fingerprint density at radius 3 is 2.46 bits per heavy atom. The maximum Gasteiger partial charge on any atom is 0.303 e. The molecule has 3 saturated carbocycles. The molecule has 4 aliphatic carbocycles. The third-order valence-electron chi connectivity index (χ3n) is 8.91. The smallest absolute Gasteiger partial charge is 0.303 e. The molecule has 152 valence electrons. The van der Waals surface area contributed by atoms with Gasteiger partial charge in [0.1, 0.15) is 0 Å². The van der Waals surface area contributed by atoms with Crippen molar-refractivity contribution in [2.24, 2.45) is 28.6 Å². The largest absolute Gasteiger partial charge is 0.446 e. The summed E-state index contributed by atoms with van der Waals surface area (Å²) >= 11 is 0. The fraction of sp³-hybridized carbons (Fsp3) is 0.708. The molecule has 0 aromatic rings. The minimum absolute atomic E-state index is 0.0857. The van der Waals surface area contributed by atoms with Gasteiger partial charge in [-0.3, -0.25) is 14.4 Å². The normalized spacial score (nSPS) is 44.9. The van der Waals surface area contributed by atoms with Crippen molar-refractivity contribution < 1.29 is 19.1 Å². The zero-order valence-electron chi connectivity index (χ0n) is 17.6. The average Bonchev–Trinajstić information content (AvgIpc) is 2.83. The first-order chi connectivity index (χ1) is 13.1. The summed E-state index contributed by atoms with van der Waals surface area (Å²) in [6.07, 6.45) is 8.10. The fourth-order valence-electron chi connectivity index (χ4n) is 7.63. The van der Waals surface area contributed by atoms with E-state index in [2.05, 4.69) is 20.4 Å². The predicted octanol–water partition coefficient (Wildman–Crippen LogP) is 4.58. The van der Waals surface area contributed by atoms with Crippen LogP contribution in [0.1, 0.15) is 72.6 Å². The maximum atomic E-state index is 12.9. The van der Waals surface area contributed by atoms with Gasteiger partial charge in [0.2, 0.25) is 0 Å². The molecule has 4 rings (SSSR count). The van der Waals surface area contributed by atoms with Crippen LogP contribution >= 0.6 is 0 Å². The maximum absolute atomic E-state index is 12.9. The van der Waals surface area contributed by atoms with Crippen molar-refractivity contribution in [3.8, 4) is 0 Å². The van der Waals surface area contributed by atoms with Crippen molar-refractivity contribution in [3.05, 3.63) is 23.8 Å². The molecule has 0 aromatic heterocycles. The lowest BCUT2D eigenvalue weighted by Gasteiger charge is -2.58. The van der Waals surface area contributed by atoms with E-state index in [1.807, 2.05) is 6.08 Å². The number of hydrogen-bond acceptors (Lipinski definition) is 4. The van der Waals surface area contributed by atoms with Crippen molar-refractivity contribution in [2.45, 2.75) is 78.2 Å². The number of allylic oxidation sites excluding steroid dienone is 1. The van der Waals surface area contributed by atoms with E-state index in [1.54, 1.807) is 6.92 Å². The van der Waals surface area contributed by atoms with E-state index >= 15 is 0 Å². The van der Waals surface area contributed by atoms with Crippen LogP contribution in [0.2, 0.25) is 0 Å². The van der Waals surface area contributed by atoms with Gasteiger partial charge in [-0.15, -0.1) is 0 Å². The number of ketones is 2.